The summed E-state index contributed by atoms with van der Waals surface area (Å²) in [6.07, 6.45) is 4.81. The van der Waals surface area contributed by atoms with Gasteiger partial charge < -0.3 is 10.6 Å². The van der Waals surface area contributed by atoms with E-state index in [4.69, 9.17) is 0 Å². The van der Waals surface area contributed by atoms with Crippen LogP contribution in [0.4, 0.5) is 0 Å². The van der Waals surface area contributed by atoms with Crippen LogP contribution in [0, 0.1) is 13.8 Å². The maximum Gasteiger partial charge on any atom is 0.211 e. The highest BCUT2D eigenvalue weighted by Crippen LogP contribution is 2.15. The molecule has 0 bridgehead atoms. The van der Waals surface area contributed by atoms with Crippen LogP contribution in [0.3, 0.4) is 0 Å². The molecule has 24 heavy (non-hydrogen) atoms. The monoisotopic (exact) mass is 320 g/mol. The maximum absolute atomic E-state index is 11.0. The highest BCUT2D eigenvalue weighted by molar-refractivity contribution is 5.72. The lowest BCUT2D eigenvalue weighted by Gasteiger charge is -2.11. The van der Waals surface area contributed by atoms with Gasteiger partial charge in [-0.25, -0.2) is 0 Å². The molecule has 122 valence electrons. The molecule has 2 aromatic carbocycles. The number of aryl methyl sites for hydroxylation is 2. The van der Waals surface area contributed by atoms with E-state index in [0.29, 0.717) is 24.2 Å². The van der Waals surface area contributed by atoms with Crippen LogP contribution in [-0.2, 0) is 9.59 Å². The zero-order valence-electron chi connectivity index (χ0n) is 13.7. The normalized spacial score (nSPS) is 11.8. The molecule has 2 amide bonds. The third-order valence-corrected chi connectivity index (χ3v) is 3.50. The third kappa shape index (κ3) is 4.95. The minimum atomic E-state index is 0.515. The minimum absolute atomic E-state index is 0.515. The molecule has 0 spiro atoms. The average Bonchev–Trinajstić information content (AvgIpc) is 2.58. The van der Waals surface area contributed by atoms with E-state index in [1.54, 1.807) is 0 Å². The van der Waals surface area contributed by atoms with Crippen LogP contribution in [0.25, 0.3) is 12.2 Å². The van der Waals surface area contributed by atoms with Gasteiger partial charge in [0.1, 0.15) is 0 Å². The Morgan fingerprint density at radius 2 is 1.00 bits per heavy atom. The van der Waals surface area contributed by atoms with E-state index < -0.39 is 0 Å². The molecule has 0 radical (unpaired) electrons. The van der Waals surface area contributed by atoms with Crippen LogP contribution in [-0.4, -0.2) is 12.8 Å². The Morgan fingerprint density at radius 1 is 0.667 bits per heavy atom. The molecule has 0 heterocycles. The second-order valence-corrected chi connectivity index (χ2v) is 5.46. The predicted molar refractivity (Wildman–Crippen MR) is 96.7 cm³/mol. The number of benzene rings is 2. The van der Waals surface area contributed by atoms with Gasteiger partial charge in [-0.1, -0.05) is 59.7 Å². The molecule has 2 N–H and O–H groups in total. The fraction of sp³-hybridized carbons (Fsp3) is 0.100. The fourth-order valence-corrected chi connectivity index (χ4v) is 2.18. The Labute approximate surface area is 141 Å². The number of amides is 2. The number of hydrogen-bond acceptors (Lipinski definition) is 2. The summed E-state index contributed by atoms with van der Waals surface area (Å²) in [5.41, 5.74) is 5.18. The van der Waals surface area contributed by atoms with E-state index in [1.165, 1.54) is 0 Å². The predicted octanol–water partition coefficient (Wildman–Crippen LogP) is 3.18. The van der Waals surface area contributed by atoms with Crippen molar-refractivity contribution in [3.8, 4) is 0 Å². The highest BCUT2D eigenvalue weighted by atomic mass is 16.1. The second kappa shape index (κ2) is 8.48. The second-order valence-electron chi connectivity index (χ2n) is 5.46. The van der Waals surface area contributed by atoms with Crippen LogP contribution in [0.15, 0.2) is 59.9 Å². The van der Waals surface area contributed by atoms with Gasteiger partial charge in [0.15, 0.2) is 0 Å². The van der Waals surface area contributed by atoms with Gasteiger partial charge in [0.2, 0.25) is 12.8 Å². The molecule has 0 aromatic heterocycles. The van der Waals surface area contributed by atoms with Crippen LogP contribution in [0.5, 0.6) is 0 Å². The van der Waals surface area contributed by atoms with Crippen LogP contribution in [0.1, 0.15) is 22.3 Å². The zero-order chi connectivity index (χ0) is 17.4. The first-order chi connectivity index (χ1) is 11.6. The van der Waals surface area contributed by atoms with Gasteiger partial charge in [0.25, 0.3) is 0 Å². The lowest BCUT2D eigenvalue weighted by molar-refractivity contribution is -0.110. The molecule has 4 heteroatoms. The molecule has 0 saturated heterocycles. The average molecular weight is 320 g/mol. The molecule has 2 rings (SSSR count). The van der Waals surface area contributed by atoms with Gasteiger partial charge in [-0.05, 0) is 37.1 Å². The van der Waals surface area contributed by atoms with Crippen molar-refractivity contribution >= 4 is 25.0 Å². The van der Waals surface area contributed by atoms with Crippen molar-refractivity contribution in [3.63, 3.8) is 0 Å². The summed E-state index contributed by atoms with van der Waals surface area (Å²) in [4.78, 5) is 21.9. The number of rotatable bonds is 7. The summed E-state index contributed by atoms with van der Waals surface area (Å²) in [6.45, 7) is 4.02. The minimum Gasteiger partial charge on any atom is -0.327 e. The number of nitrogens with one attached hydrogen (secondary N) is 2. The van der Waals surface area contributed by atoms with Crippen LogP contribution in [0.2, 0.25) is 0 Å². The molecule has 2 aromatic rings. The zero-order valence-corrected chi connectivity index (χ0v) is 13.7. The first-order valence-electron chi connectivity index (χ1n) is 7.60. The summed E-state index contributed by atoms with van der Waals surface area (Å²) >= 11 is 0. The molecule has 0 aliphatic rings. The van der Waals surface area contributed by atoms with Gasteiger partial charge in [0, 0.05) is 0 Å². The first-order valence-corrected chi connectivity index (χ1v) is 7.60. The van der Waals surface area contributed by atoms with E-state index in [-0.39, 0.29) is 0 Å². The van der Waals surface area contributed by atoms with Crippen molar-refractivity contribution in [2.75, 3.05) is 0 Å². The molecule has 0 aliphatic carbocycles. The number of hydrogen-bond donors (Lipinski definition) is 2. The van der Waals surface area contributed by atoms with Crippen LogP contribution >= 0.6 is 0 Å². The largest absolute Gasteiger partial charge is 0.327 e. The summed E-state index contributed by atoms with van der Waals surface area (Å²) in [5.74, 6) is 0. The third-order valence-electron chi connectivity index (χ3n) is 3.50. The Bertz CT molecular complexity index is 690. The summed E-state index contributed by atoms with van der Waals surface area (Å²) in [7, 11) is 0. The summed E-state index contributed by atoms with van der Waals surface area (Å²) < 4.78 is 0. The Kier molecular flexibility index (Phi) is 6.08. The highest BCUT2D eigenvalue weighted by Gasteiger charge is 2.05. The summed E-state index contributed by atoms with van der Waals surface area (Å²) in [6, 6.07) is 15.8. The van der Waals surface area contributed by atoms with Crippen molar-refractivity contribution in [3.05, 3.63) is 82.2 Å². The topological polar surface area (TPSA) is 58.2 Å². The molecule has 4 nitrogen and oxygen atoms in total. The molecular formula is C20H20N2O2. The molecule has 0 aliphatic heterocycles. The SMILES string of the molecule is Cc1ccc(C=C(NC=O)/C(=C\c2ccc(C)cc2)NC=O)cc1. The van der Waals surface area contributed by atoms with E-state index in [9.17, 15) is 9.59 Å². The van der Waals surface area contributed by atoms with Crippen molar-refractivity contribution in [1.29, 1.82) is 0 Å². The lowest BCUT2D eigenvalue weighted by Crippen LogP contribution is -2.21. The van der Waals surface area contributed by atoms with Gasteiger partial charge in [-0.15, -0.1) is 0 Å². The van der Waals surface area contributed by atoms with Crippen molar-refractivity contribution in [2.45, 2.75) is 13.8 Å². The van der Waals surface area contributed by atoms with Gasteiger partial charge >= 0.3 is 0 Å². The van der Waals surface area contributed by atoms with Crippen molar-refractivity contribution in [2.24, 2.45) is 0 Å². The van der Waals surface area contributed by atoms with E-state index in [0.717, 1.165) is 22.3 Å². The molecule has 0 atom stereocenters. The van der Waals surface area contributed by atoms with Gasteiger partial charge in [-0.3, -0.25) is 9.59 Å². The lowest BCUT2D eigenvalue weighted by atomic mass is 10.1. The van der Waals surface area contributed by atoms with Crippen molar-refractivity contribution in [1.82, 2.24) is 10.6 Å². The first kappa shape index (κ1) is 17.2. The number of carbonyl (C=O) groups excluding carboxylic acids is 2. The van der Waals surface area contributed by atoms with E-state index in [2.05, 4.69) is 10.6 Å². The number of carbonyl (C=O) groups is 2. The quantitative estimate of drug-likeness (QED) is 0.608. The standard InChI is InChI=1S/C20H20N2O2/c1-15-3-7-17(8-4-15)11-19(21-13-23)20(22-14-24)12-18-9-5-16(2)6-10-18/h3-14H,1-2H3,(H,21,23)(H,22,24)/b19-11+,20-12?. The Hall–Kier alpha value is -3.14. The van der Waals surface area contributed by atoms with E-state index in [1.807, 2.05) is 74.5 Å². The molecule has 0 saturated carbocycles. The van der Waals surface area contributed by atoms with Gasteiger partial charge in [-0.2, -0.15) is 0 Å². The van der Waals surface area contributed by atoms with Crippen LogP contribution < -0.4 is 10.6 Å². The molecular weight excluding hydrogens is 300 g/mol. The van der Waals surface area contributed by atoms with E-state index >= 15 is 0 Å². The Morgan fingerprint density at radius 3 is 1.29 bits per heavy atom. The van der Waals surface area contributed by atoms with Gasteiger partial charge in [0.05, 0.1) is 11.4 Å². The van der Waals surface area contributed by atoms with Crippen molar-refractivity contribution < 1.29 is 9.59 Å². The smallest absolute Gasteiger partial charge is 0.211 e. The maximum atomic E-state index is 11.0. The Balaban J connectivity index is 2.42. The molecule has 0 unspecified atom stereocenters. The summed E-state index contributed by atoms with van der Waals surface area (Å²) in [5, 5.41) is 5.31. The molecule has 0 fully saturated rings. The fourth-order valence-electron chi connectivity index (χ4n) is 2.18.